The van der Waals surface area contributed by atoms with Crippen LogP contribution in [-0.4, -0.2) is 55.8 Å². The summed E-state index contributed by atoms with van der Waals surface area (Å²) in [5, 5.41) is 11.4. The molecule has 0 bridgehead atoms. The quantitative estimate of drug-likeness (QED) is 0.0728. The summed E-state index contributed by atoms with van der Waals surface area (Å²) in [4.78, 5) is 23.8. The Labute approximate surface area is 307 Å². The third-order valence-corrected chi connectivity index (χ3v) is 9.40. The van der Waals surface area contributed by atoms with E-state index in [9.17, 15) is 25.9 Å². The Balaban J connectivity index is 1.21. The predicted octanol–water partition coefficient (Wildman–Crippen LogP) is 6.64. The van der Waals surface area contributed by atoms with Gasteiger partial charge < -0.3 is 21.3 Å². The highest BCUT2D eigenvalue weighted by atomic mass is 35.5. The fourth-order valence-electron chi connectivity index (χ4n) is 4.89. The van der Waals surface area contributed by atoms with Gasteiger partial charge in [-0.1, -0.05) is 60.7 Å². The van der Waals surface area contributed by atoms with Crippen LogP contribution < -0.4 is 21.3 Å². The third kappa shape index (κ3) is 9.63. The third-order valence-electron chi connectivity index (χ3n) is 7.14. The van der Waals surface area contributed by atoms with E-state index in [-0.39, 0.29) is 57.7 Å². The maximum absolute atomic E-state index is 12.5. The summed E-state index contributed by atoms with van der Waals surface area (Å²) >= 11 is 12.2. The van der Waals surface area contributed by atoms with Crippen LogP contribution in [0.3, 0.4) is 0 Å². The van der Waals surface area contributed by atoms with Gasteiger partial charge in [-0.25, -0.2) is 0 Å². The number of hydrogen-bond acceptors (Lipinski definition) is 14. The molecule has 1 unspecified atom stereocenters. The molecule has 1 aliphatic rings. The molecule has 3 aromatic carbocycles. The first kappa shape index (κ1) is 36.3. The van der Waals surface area contributed by atoms with Crippen LogP contribution in [0.25, 0.3) is 6.08 Å². The molecule has 0 amide bonds. The highest BCUT2D eigenvalue weighted by Crippen LogP contribution is 2.32. The van der Waals surface area contributed by atoms with Gasteiger partial charge in [0.1, 0.15) is 4.90 Å². The van der Waals surface area contributed by atoms with Crippen molar-refractivity contribution in [3.05, 3.63) is 124 Å². The van der Waals surface area contributed by atoms with Crippen molar-refractivity contribution >= 4 is 90.4 Å². The van der Waals surface area contributed by atoms with Gasteiger partial charge in [-0.15, -0.1) is 0 Å². The molecule has 2 heterocycles. The molecule has 1 aliphatic carbocycles. The van der Waals surface area contributed by atoms with E-state index in [1.165, 1.54) is 30.4 Å². The van der Waals surface area contributed by atoms with Crippen LogP contribution in [0.15, 0.2) is 113 Å². The van der Waals surface area contributed by atoms with Crippen molar-refractivity contribution < 1.29 is 25.9 Å². The highest BCUT2D eigenvalue weighted by molar-refractivity contribution is 7.89. The average molecular weight is 782 g/mol. The molecule has 52 heavy (non-hydrogen) atoms. The van der Waals surface area contributed by atoms with Crippen LogP contribution in [0, 0.1) is 5.92 Å². The van der Waals surface area contributed by atoms with Crippen molar-refractivity contribution in [1.29, 1.82) is 0 Å². The van der Waals surface area contributed by atoms with Gasteiger partial charge >= 0.3 is 0 Å². The Morgan fingerprint density at radius 3 is 1.63 bits per heavy atom. The zero-order valence-electron chi connectivity index (χ0n) is 26.4. The summed E-state index contributed by atoms with van der Waals surface area (Å²) in [6, 6.07) is 22.1. The second-order valence-electron chi connectivity index (χ2n) is 10.8. The van der Waals surface area contributed by atoms with E-state index in [4.69, 9.17) is 23.2 Å². The minimum atomic E-state index is -4.79. The normalized spacial score (nSPS) is 14.7. The van der Waals surface area contributed by atoms with Crippen LogP contribution in [0.2, 0.25) is 10.6 Å². The SMILES string of the molecule is O=S(=O)(O)C1=CC(Nc2nc(Cl)nc(Nc3ccccc3)n2)=CCC1/C=C/c1ccc(Nc2nc(Cl)nc(Nc3ccccc3)n2)cc1S(=O)(=O)O. The monoisotopic (exact) mass is 780 g/mol. The number of nitrogens with one attached hydrogen (secondary N) is 4. The van der Waals surface area contributed by atoms with Gasteiger partial charge in [-0.2, -0.15) is 46.7 Å². The van der Waals surface area contributed by atoms with E-state index in [1.807, 2.05) is 36.4 Å². The Hall–Kier alpha value is -5.50. The molecule has 0 saturated heterocycles. The average Bonchev–Trinajstić information content (AvgIpc) is 3.07. The smallest absolute Gasteiger partial charge is 0.295 e. The Kier molecular flexibility index (Phi) is 10.7. The zero-order valence-corrected chi connectivity index (χ0v) is 29.5. The van der Waals surface area contributed by atoms with E-state index in [0.717, 1.165) is 6.07 Å². The molecule has 0 fully saturated rings. The highest BCUT2D eigenvalue weighted by Gasteiger charge is 2.26. The molecule has 16 nitrogen and oxygen atoms in total. The molecule has 6 N–H and O–H groups in total. The Morgan fingerprint density at radius 2 is 1.13 bits per heavy atom. The lowest BCUT2D eigenvalue weighted by Gasteiger charge is -2.20. The first-order valence-electron chi connectivity index (χ1n) is 15.0. The number of allylic oxidation sites excluding steroid dienone is 4. The zero-order chi connectivity index (χ0) is 36.9. The van der Waals surface area contributed by atoms with Gasteiger partial charge in [0.2, 0.25) is 34.4 Å². The Morgan fingerprint density at radius 1 is 0.635 bits per heavy atom. The number of aromatic nitrogens is 6. The summed E-state index contributed by atoms with van der Waals surface area (Å²) in [6.45, 7) is 0. The number of benzene rings is 3. The number of nitrogens with zero attached hydrogens (tertiary/aromatic N) is 6. The molecular formula is C32H26Cl2N10O6S2. The maximum Gasteiger partial charge on any atom is 0.295 e. The summed E-state index contributed by atoms with van der Waals surface area (Å²) < 4.78 is 70.0. The fourth-order valence-corrected chi connectivity index (χ4v) is 6.76. The Bertz CT molecular complexity index is 2440. The predicted molar refractivity (Wildman–Crippen MR) is 197 cm³/mol. The van der Waals surface area contributed by atoms with Crippen molar-refractivity contribution in [3.63, 3.8) is 0 Å². The molecule has 1 atom stereocenters. The van der Waals surface area contributed by atoms with E-state index < -0.39 is 36.0 Å². The van der Waals surface area contributed by atoms with Crippen LogP contribution in [0.4, 0.5) is 40.9 Å². The second kappa shape index (κ2) is 15.4. The lowest BCUT2D eigenvalue weighted by molar-refractivity contribution is 0.481. The van der Waals surface area contributed by atoms with Crippen LogP contribution in [-0.2, 0) is 20.2 Å². The molecule has 5 aromatic rings. The molecular weight excluding hydrogens is 755 g/mol. The number of para-hydroxylation sites is 2. The maximum atomic E-state index is 12.5. The van der Waals surface area contributed by atoms with Crippen LogP contribution in [0.1, 0.15) is 12.0 Å². The molecule has 0 radical (unpaired) electrons. The van der Waals surface area contributed by atoms with Gasteiger partial charge in [0.15, 0.2) is 0 Å². The van der Waals surface area contributed by atoms with E-state index >= 15 is 0 Å². The van der Waals surface area contributed by atoms with Crippen molar-refractivity contribution in [3.8, 4) is 0 Å². The topological polar surface area (TPSA) is 234 Å². The summed E-state index contributed by atoms with van der Waals surface area (Å²) in [6.07, 6.45) is 5.58. The second-order valence-corrected chi connectivity index (χ2v) is 14.3. The largest absolute Gasteiger partial charge is 0.324 e. The van der Waals surface area contributed by atoms with Crippen LogP contribution >= 0.6 is 23.2 Å². The summed E-state index contributed by atoms with van der Waals surface area (Å²) in [5.74, 6) is -0.699. The molecule has 2 aromatic heterocycles. The van der Waals surface area contributed by atoms with Gasteiger partial charge in [0.05, 0.1) is 4.91 Å². The van der Waals surface area contributed by atoms with Crippen molar-refractivity contribution in [2.24, 2.45) is 5.92 Å². The van der Waals surface area contributed by atoms with Gasteiger partial charge in [-0.05, 0) is 77.7 Å². The van der Waals surface area contributed by atoms with Gasteiger partial charge in [0.25, 0.3) is 20.2 Å². The number of anilines is 7. The lowest BCUT2D eigenvalue weighted by atomic mass is 9.97. The molecule has 266 valence electrons. The number of hydrogen-bond donors (Lipinski definition) is 6. The van der Waals surface area contributed by atoms with E-state index in [0.29, 0.717) is 11.4 Å². The van der Waals surface area contributed by atoms with Gasteiger partial charge in [0, 0.05) is 28.7 Å². The lowest BCUT2D eigenvalue weighted by Crippen LogP contribution is -2.17. The minimum Gasteiger partial charge on any atom is -0.324 e. The fraction of sp³-hybridized carbons (Fsp3) is 0.0625. The number of halogens is 2. The van der Waals surface area contributed by atoms with Gasteiger partial charge in [-0.3, -0.25) is 9.11 Å². The molecule has 6 rings (SSSR count). The minimum absolute atomic E-state index is 0.000720. The number of rotatable bonds is 12. The van der Waals surface area contributed by atoms with Crippen molar-refractivity contribution in [1.82, 2.24) is 29.9 Å². The summed E-state index contributed by atoms with van der Waals surface area (Å²) in [7, 11) is -9.54. The van der Waals surface area contributed by atoms with E-state index in [2.05, 4.69) is 51.2 Å². The van der Waals surface area contributed by atoms with Crippen molar-refractivity contribution in [2.45, 2.75) is 11.3 Å². The first-order chi connectivity index (χ1) is 24.8. The van der Waals surface area contributed by atoms with E-state index in [1.54, 1.807) is 30.3 Å². The first-order valence-corrected chi connectivity index (χ1v) is 18.6. The molecule has 20 heteroatoms. The van der Waals surface area contributed by atoms with Crippen molar-refractivity contribution in [2.75, 3.05) is 21.3 Å². The molecule has 0 spiro atoms. The van der Waals surface area contributed by atoms with Crippen LogP contribution in [0.5, 0.6) is 0 Å². The standard InChI is InChI=1S/C32H26Cl2N10O6S2/c33-27-39-29(35-21-7-3-1-4-8-21)43-31(41-27)37-23-15-13-19(25(17-23)51(45,46)47)11-12-20-14-16-24(18-26(20)52(48,49)50)38-32-42-28(34)40-30(44-32)36-22-9-5-2-6-10-22/h1-13,15-18,20H,14H2,(H,45,46,47)(H,48,49,50)(H2,35,37,39,41,43)(H2,36,38,40,42,44)/b12-11+. The molecule has 0 aliphatic heterocycles. The summed E-state index contributed by atoms with van der Waals surface area (Å²) in [5.41, 5.74) is 1.81. The molecule has 0 saturated carbocycles.